The third-order valence-electron chi connectivity index (χ3n) is 3.59. The monoisotopic (exact) mass is 256 g/mol. The van der Waals surface area contributed by atoms with Crippen molar-refractivity contribution in [1.82, 2.24) is 0 Å². The minimum Gasteiger partial charge on any atom is -0.468 e. The van der Waals surface area contributed by atoms with Gasteiger partial charge in [-0.3, -0.25) is 14.4 Å². The molecule has 0 aromatic carbocycles. The van der Waals surface area contributed by atoms with Crippen LogP contribution in [0.1, 0.15) is 32.6 Å². The van der Waals surface area contributed by atoms with Crippen LogP contribution < -0.4 is 0 Å². The molecule has 1 aliphatic rings. The summed E-state index contributed by atoms with van der Waals surface area (Å²) < 4.78 is 9.32. The fourth-order valence-corrected chi connectivity index (χ4v) is 2.72. The van der Waals surface area contributed by atoms with Gasteiger partial charge in [0, 0.05) is 12.3 Å². The summed E-state index contributed by atoms with van der Waals surface area (Å²) in [6.07, 6.45) is 2.54. The fraction of sp³-hybridized carbons (Fsp3) is 0.769. The maximum absolute atomic E-state index is 11.8. The van der Waals surface area contributed by atoms with Gasteiger partial charge in [0.15, 0.2) is 5.92 Å². The summed E-state index contributed by atoms with van der Waals surface area (Å²) in [4.78, 5) is 35.2. The molecule has 0 heterocycles. The van der Waals surface area contributed by atoms with Crippen molar-refractivity contribution in [3.05, 3.63) is 0 Å². The van der Waals surface area contributed by atoms with Gasteiger partial charge in [-0.25, -0.2) is 0 Å². The van der Waals surface area contributed by atoms with Crippen LogP contribution in [0, 0.1) is 17.8 Å². The van der Waals surface area contributed by atoms with E-state index in [-0.39, 0.29) is 17.6 Å². The molecule has 5 nitrogen and oxygen atoms in total. The first-order chi connectivity index (χ1) is 8.56. The number of esters is 2. The highest BCUT2D eigenvalue weighted by molar-refractivity contribution is 5.97. The van der Waals surface area contributed by atoms with Crippen LogP contribution in [0.2, 0.25) is 0 Å². The second kappa shape index (κ2) is 6.52. The molecule has 0 aromatic rings. The Hall–Kier alpha value is -1.39. The molecule has 0 N–H and O–H groups in total. The molecule has 0 amide bonds. The Labute approximate surface area is 107 Å². The molecular weight excluding hydrogens is 236 g/mol. The van der Waals surface area contributed by atoms with E-state index >= 15 is 0 Å². The first-order valence-corrected chi connectivity index (χ1v) is 6.25. The molecule has 2 atom stereocenters. The van der Waals surface area contributed by atoms with E-state index in [2.05, 4.69) is 9.47 Å². The number of carbonyl (C=O) groups excluding carboxylic acids is 3. The quantitative estimate of drug-likeness (QED) is 0.548. The average molecular weight is 256 g/mol. The third-order valence-corrected chi connectivity index (χ3v) is 3.59. The fourth-order valence-electron chi connectivity index (χ4n) is 2.72. The van der Waals surface area contributed by atoms with Crippen molar-refractivity contribution in [3.8, 4) is 0 Å². The summed E-state index contributed by atoms with van der Waals surface area (Å²) >= 11 is 0. The van der Waals surface area contributed by atoms with Crippen molar-refractivity contribution in [3.63, 3.8) is 0 Å². The predicted molar refractivity (Wildman–Crippen MR) is 63.7 cm³/mol. The lowest BCUT2D eigenvalue weighted by Gasteiger charge is -2.23. The lowest BCUT2D eigenvalue weighted by Crippen LogP contribution is -2.36. The minimum atomic E-state index is -0.969. The van der Waals surface area contributed by atoms with E-state index in [9.17, 15) is 14.4 Å². The Kier molecular flexibility index (Phi) is 5.31. The average Bonchev–Trinajstić information content (AvgIpc) is 2.72. The summed E-state index contributed by atoms with van der Waals surface area (Å²) in [7, 11) is 2.48. The van der Waals surface area contributed by atoms with Crippen molar-refractivity contribution >= 4 is 17.7 Å². The number of methoxy groups -OCH3 is 2. The highest BCUT2D eigenvalue weighted by Gasteiger charge is 2.46. The van der Waals surface area contributed by atoms with Crippen LogP contribution in [0.25, 0.3) is 0 Å². The molecule has 2 unspecified atom stereocenters. The Morgan fingerprint density at radius 2 is 1.83 bits per heavy atom. The van der Waals surface area contributed by atoms with Gasteiger partial charge in [-0.2, -0.15) is 0 Å². The number of ether oxygens (including phenoxy) is 2. The Morgan fingerprint density at radius 3 is 2.28 bits per heavy atom. The zero-order valence-electron chi connectivity index (χ0n) is 11.1. The second-order valence-corrected chi connectivity index (χ2v) is 4.59. The highest BCUT2D eigenvalue weighted by atomic mass is 16.5. The van der Waals surface area contributed by atoms with Crippen LogP contribution in [-0.4, -0.2) is 31.9 Å². The van der Waals surface area contributed by atoms with Crippen LogP contribution in [0.4, 0.5) is 0 Å². The van der Waals surface area contributed by atoms with Gasteiger partial charge in [-0.15, -0.1) is 0 Å². The molecule has 0 bridgehead atoms. The van der Waals surface area contributed by atoms with E-state index in [1.54, 1.807) is 0 Å². The van der Waals surface area contributed by atoms with Crippen molar-refractivity contribution in [2.45, 2.75) is 32.6 Å². The Bertz CT molecular complexity index is 320. The second-order valence-electron chi connectivity index (χ2n) is 4.59. The van der Waals surface area contributed by atoms with E-state index in [0.717, 1.165) is 6.42 Å². The molecule has 1 aliphatic carbocycles. The first kappa shape index (κ1) is 14.7. The van der Waals surface area contributed by atoms with Gasteiger partial charge in [0.2, 0.25) is 0 Å². The molecular formula is C13H20O5. The van der Waals surface area contributed by atoms with Gasteiger partial charge in [-0.1, -0.05) is 13.3 Å². The number of carbonyl (C=O) groups is 3. The Morgan fingerprint density at radius 1 is 1.28 bits per heavy atom. The molecule has 5 heteroatoms. The lowest BCUT2D eigenvalue weighted by atomic mass is 9.81. The zero-order valence-corrected chi connectivity index (χ0v) is 11.1. The van der Waals surface area contributed by atoms with Gasteiger partial charge in [-0.05, 0) is 18.8 Å². The molecule has 1 rings (SSSR count). The summed E-state index contributed by atoms with van der Waals surface area (Å²) in [5, 5.41) is 0. The van der Waals surface area contributed by atoms with Gasteiger partial charge in [0.1, 0.15) is 5.78 Å². The number of rotatable bonds is 5. The van der Waals surface area contributed by atoms with E-state index in [1.165, 1.54) is 14.2 Å². The van der Waals surface area contributed by atoms with Crippen molar-refractivity contribution in [2.75, 3.05) is 14.2 Å². The van der Waals surface area contributed by atoms with Crippen molar-refractivity contribution < 1.29 is 23.9 Å². The van der Waals surface area contributed by atoms with E-state index in [0.29, 0.717) is 19.3 Å². The van der Waals surface area contributed by atoms with Gasteiger partial charge in [0.25, 0.3) is 0 Å². The number of ketones is 1. The van der Waals surface area contributed by atoms with Gasteiger partial charge >= 0.3 is 11.9 Å². The van der Waals surface area contributed by atoms with Crippen LogP contribution in [0.3, 0.4) is 0 Å². The third kappa shape index (κ3) is 2.89. The molecule has 0 saturated heterocycles. The van der Waals surface area contributed by atoms with Crippen molar-refractivity contribution in [2.24, 2.45) is 17.8 Å². The SMILES string of the molecule is CCCC1C(=O)CCC1C(C(=O)OC)C(=O)OC. The summed E-state index contributed by atoms with van der Waals surface area (Å²) in [6.45, 7) is 1.98. The molecule has 102 valence electrons. The number of hydrogen-bond donors (Lipinski definition) is 0. The summed E-state index contributed by atoms with van der Waals surface area (Å²) in [5.74, 6) is -2.55. The van der Waals surface area contributed by atoms with E-state index in [1.807, 2.05) is 6.92 Å². The topological polar surface area (TPSA) is 69.7 Å². The van der Waals surface area contributed by atoms with Gasteiger partial charge in [0.05, 0.1) is 14.2 Å². The lowest BCUT2D eigenvalue weighted by molar-refractivity contribution is -0.162. The smallest absolute Gasteiger partial charge is 0.320 e. The molecule has 0 spiro atoms. The molecule has 1 saturated carbocycles. The molecule has 0 aliphatic heterocycles. The predicted octanol–water partition coefficient (Wildman–Crippen LogP) is 1.34. The first-order valence-electron chi connectivity index (χ1n) is 6.25. The summed E-state index contributed by atoms with van der Waals surface area (Å²) in [6, 6.07) is 0. The summed E-state index contributed by atoms with van der Waals surface area (Å²) in [5.41, 5.74) is 0. The number of hydrogen-bond acceptors (Lipinski definition) is 5. The number of Topliss-reactive ketones (excluding diaryl/α,β-unsaturated/α-hetero) is 1. The normalized spacial score (nSPS) is 23.2. The largest absolute Gasteiger partial charge is 0.468 e. The maximum atomic E-state index is 11.8. The van der Waals surface area contributed by atoms with Gasteiger partial charge < -0.3 is 9.47 Å². The standard InChI is InChI=1S/C13H20O5/c1-4-5-8-9(6-7-10(8)14)11(12(15)17-2)13(16)18-3/h8-9,11H,4-7H2,1-3H3. The zero-order chi connectivity index (χ0) is 13.7. The van der Waals surface area contributed by atoms with Crippen LogP contribution in [0.15, 0.2) is 0 Å². The van der Waals surface area contributed by atoms with Crippen LogP contribution in [0.5, 0.6) is 0 Å². The highest BCUT2D eigenvalue weighted by Crippen LogP contribution is 2.38. The molecule has 1 fully saturated rings. The molecule has 0 radical (unpaired) electrons. The Balaban J connectivity index is 2.94. The van der Waals surface area contributed by atoms with E-state index < -0.39 is 17.9 Å². The van der Waals surface area contributed by atoms with Crippen molar-refractivity contribution in [1.29, 1.82) is 0 Å². The maximum Gasteiger partial charge on any atom is 0.320 e. The molecule has 0 aromatic heterocycles. The van der Waals surface area contributed by atoms with Crippen LogP contribution in [-0.2, 0) is 23.9 Å². The minimum absolute atomic E-state index is 0.139. The molecule has 18 heavy (non-hydrogen) atoms. The van der Waals surface area contributed by atoms with E-state index in [4.69, 9.17) is 0 Å². The van der Waals surface area contributed by atoms with Crippen LogP contribution >= 0.6 is 0 Å².